The second-order valence-electron chi connectivity index (χ2n) is 8.77. The van der Waals surface area contributed by atoms with Crippen LogP contribution in [-0.2, 0) is 13.0 Å². The number of primary amides is 1. The van der Waals surface area contributed by atoms with Gasteiger partial charge in [-0.25, -0.2) is 13.8 Å². The van der Waals surface area contributed by atoms with Crippen molar-refractivity contribution < 1.29 is 27.5 Å². The first-order valence-electron chi connectivity index (χ1n) is 12.1. The number of nitrogens with zero attached hydrogens (tertiary/aromatic N) is 1. The third-order valence-electron chi connectivity index (χ3n) is 5.97. The van der Waals surface area contributed by atoms with E-state index >= 15 is 0 Å². The molecule has 0 saturated carbocycles. The topological polar surface area (TPSA) is 107 Å². The number of fused-ring (bicyclic) bond motifs is 1. The van der Waals surface area contributed by atoms with Gasteiger partial charge in [0.1, 0.15) is 33.5 Å². The first-order valence-corrected chi connectivity index (χ1v) is 13.7. The van der Waals surface area contributed by atoms with E-state index < -0.39 is 23.9 Å². The Kier molecular flexibility index (Phi) is 7.76. The van der Waals surface area contributed by atoms with Gasteiger partial charge in [0.15, 0.2) is 5.76 Å². The molecule has 7 nitrogen and oxygen atoms in total. The van der Waals surface area contributed by atoms with Crippen LogP contribution in [0.3, 0.4) is 0 Å². The molecule has 204 valence electrons. The average molecular weight is 580 g/mol. The molecule has 4 heterocycles. The first-order chi connectivity index (χ1) is 19.2. The number of hydrogen-bond donors (Lipinski definition) is 2. The lowest BCUT2D eigenvalue weighted by molar-refractivity contribution is 0.0992. The van der Waals surface area contributed by atoms with Gasteiger partial charge in [0.25, 0.3) is 18.2 Å². The number of carbonyl (C=O) groups excluding carboxylic acids is 2. The van der Waals surface area contributed by atoms with Gasteiger partial charge in [0.2, 0.25) is 0 Å². The molecule has 0 radical (unpaired) electrons. The van der Waals surface area contributed by atoms with E-state index in [0.29, 0.717) is 33.8 Å². The molecule has 0 aliphatic heterocycles. The van der Waals surface area contributed by atoms with Gasteiger partial charge in [0, 0.05) is 20.7 Å². The molecule has 0 spiro atoms. The molecular weight excluding hydrogens is 556 g/mol. The van der Waals surface area contributed by atoms with Gasteiger partial charge in [-0.3, -0.25) is 9.59 Å². The highest BCUT2D eigenvalue weighted by Gasteiger charge is 2.26. The average Bonchev–Trinajstić information content (AvgIpc) is 3.67. The van der Waals surface area contributed by atoms with E-state index in [4.69, 9.17) is 14.9 Å². The van der Waals surface area contributed by atoms with Crippen molar-refractivity contribution in [3.63, 3.8) is 0 Å². The summed E-state index contributed by atoms with van der Waals surface area (Å²) in [5, 5.41) is 3.07. The number of furan rings is 1. The van der Waals surface area contributed by atoms with Crippen LogP contribution in [-0.4, -0.2) is 16.8 Å². The minimum Gasteiger partial charge on any atom is -0.485 e. The van der Waals surface area contributed by atoms with Gasteiger partial charge < -0.3 is 20.2 Å². The Morgan fingerprint density at radius 1 is 1.18 bits per heavy atom. The van der Waals surface area contributed by atoms with Crippen molar-refractivity contribution in [2.45, 2.75) is 26.4 Å². The number of aromatic nitrogens is 1. The highest BCUT2D eigenvalue weighted by molar-refractivity contribution is 7.21. The van der Waals surface area contributed by atoms with Gasteiger partial charge in [-0.2, -0.15) is 0 Å². The van der Waals surface area contributed by atoms with Crippen molar-refractivity contribution in [1.82, 2.24) is 4.98 Å². The number of allylic oxidation sites excluding steroid dienone is 1. The molecule has 4 aromatic heterocycles. The Morgan fingerprint density at radius 2 is 1.98 bits per heavy atom. The molecule has 0 bridgehead atoms. The summed E-state index contributed by atoms with van der Waals surface area (Å²) in [5.41, 5.74) is 6.66. The van der Waals surface area contributed by atoms with Gasteiger partial charge in [-0.15, -0.1) is 29.3 Å². The standard InChI is InChI=1S/C29H23F2N3O4S2/c1-3-6-16-7-4-5-8-20(16)37-14-17-10-11-21(38-17)28(36)34-24-23-18(22-12-9-15(2)39-22)13-19(26(30)31)33-29(23)40-25(24)27(32)35/h3-5,7-13,26H,1,6,14H2,2H3,(H2,32,35)(H,34,36). The molecule has 5 rings (SSSR count). The molecule has 5 aromatic rings. The first kappa shape index (κ1) is 27.2. The number of aryl methyl sites for hydroxylation is 1. The van der Waals surface area contributed by atoms with Crippen molar-refractivity contribution in [2.75, 3.05) is 5.32 Å². The summed E-state index contributed by atoms with van der Waals surface area (Å²) in [5.74, 6) is -0.420. The van der Waals surface area contributed by atoms with E-state index in [1.165, 1.54) is 23.5 Å². The van der Waals surface area contributed by atoms with E-state index in [1.54, 1.807) is 18.2 Å². The maximum Gasteiger partial charge on any atom is 0.291 e. The van der Waals surface area contributed by atoms with Gasteiger partial charge in [-0.05, 0) is 55.3 Å². The molecule has 0 atom stereocenters. The zero-order valence-electron chi connectivity index (χ0n) is 21.2. The van der Waals surface area contributed by atoms with E-state index in [-0.39, 0.29) is 27.8 Å². The second kappa shape index (κ2) is 11.4. The minimum absolute atomic E-state index is 0.00858. The van der Waals surface area contributed by atoms with Gasteiger partial charge >= 0.3 is 0 Å². The molecule has 0 aliphatic carbocycles. The van der Waals surface area contributed by atoms with Crippen LogP contribution in [0.2, 0.25) is 0 Å². The molecule has 0 unspecified atom stereocenters. The van der Waals surface area contributed by atoms with Crippen LogP contribution in [0.5, 0.6) is 5.75 Å². The zero-order chi connectivity index (χ0) is 28.4. The quantitative estimate of drug-likeness (QED) is 0.166. The predicted octanol–water partition coefficient (Wildman–Crippen LogP) is 7.52. The number of nitrogens with one attached hydrogen (secondary N) is 1. The molecule has 3 N–H and O–H groups in total. The summed E-state index contributed by atoms with van der Waals surface area (Å²) < 4.78 is 39.0. The van der Waals surface area contributed by atoms with Crippen LogP contribution >= 0.6 is 22.7 Å². The van der Waals surface area contributed by atoms with Crippen LogP contribution in [0.4, 0.5) is 14.5 Å². The lowest BCUT2D eigenvalue weighted by Crippen LogP contribution is -2.16. The molecule has 11 heteroatoms. The smallest absolute Gasteiger partial charge is 0.291 e. The highest BCUT2D eigenvalue weighted by Crippen LogP contribution is 2.44. The number of anilines is 1. The Balaban J connectivity index is 1.47. The summed E-state index contributed by atoms with van der Waals surface area (Å²) in [4.78, 5) is 31.4. The fraction of sp³-hybridized carbons (Fsp3) is 0.138. The number of alkyl halides is 2. The van der Waals surface area contributed by atoms with Crippen molar-refractivity contribution in [3.05, 3.63) is 99.8 Å². The van der Waals surface area contributed by atoms with Crippen molar-refractivity contribution in [2.24, 2.45) is 5.73 Å². The van der Waals surface area contributed by atoms with Crippen LogP contribution in [0.1, 0.15) is 48.5 Å². The fourth-order valence-corrected chi connectivity index (χ4v) is 6.07. The SMILES string of the molecule is C=CCc1ccccc1OCc1ccc(C(=O)Nc2c(C(N)=O)sc3nc(C(F)F)cc(-c4ccc(C)s4)c23)o1. The maximum atomic E-state index is 13.7. The number of amides is 2. The Morgan fingerprint density at radius 3 is 2.67 bits per heavy atom. The number of halogens is 2. The summed E-state index contributed by atoms with van der Waals surface area (Å²) in [6.45, 7) is 5.73. The van der Waals surface area contributed by atoms with E-state index in [0.717, 1.165) is 21.8 Å². The van der Waals surface area contributed by atoms with Crippen LogP contribution in [0, 0.1) is 6.92 Å². The van der Waals surface area contributed by atoms with Gasteiger partial charge in [-0.1, -0.05) is 24.3 Å². The summed E-state index contributed by atoms with van der Waals surface area (Å²) in [6, 6.07) is 15.6. The lowest BCUT2D eigenvalue weighted by Gasteiger charge is -2.10. The molecule has 40 heavy (non-hydrogen) atoms. The van der Waals surface area contributed by atoms with E-state index in [9.17, 15) is 18.4 Å². The Bertz CT molecular complexity index is 1740. The fourth-order valence-electron chi connectivity index (χ4n) is 4.17. The molecule has 0 aliphatic rings. The monoisotopic (exact) mass is 579 g/mol. The number of pyridine rings is 1. The Hall–Kier alpha value is -4.35. The third-order valence-corrected chi connectivity index (χ3v) is 8.10. The highest BCUT2D eigenvalue weighted by atomic mass is 32.1. The predicted molar refractivity (Wildman–Crippen MR) is 152 cm³/mol. The number of hydrogen-bond acceptors (Lipinski definition) is 7. The molecule has 0 saturated heterocycles. The number of nitrogens with two attached hydrogens (primary N) is 1. The number of rotatable bonds is 10. The third kappa shape index (κ3) is 5.51. The van der Waals surface area contributed by atoms with E-state index in [2.05, 4.69) is 16.9 Å². The van der Waals surface area contributed by atoms with Crippen molar-refractivity contribution in [3.8, 4) is 16.2 Å². The molecule has 0 fully saturated rings. The number of ether oxygens (including phenoxy) is 1. The Labute approximate surface area is 235 Å². The maximum absolute atomic E-state index is 13.7. The summed E-state index contributed by atoms with van der Waals surface area (Å²) in [6.07, 6.45) is -0.408. The number of carbonyl (C=O) groups is 2. The summed E-state index contributed by atoms with van der Waals surface area (Å²) >= 11 is 2.24. The second-order valence-corrected chi connectivity index (χ2v) is 11.1. The molecule has 1 aromatic carbocycles. The zero-order valence-corrected chi connectivity index (χ0v) is 22.8. The van der Waals surface area contributed by atoms with Crippen LogP contribution in [0.15, 0.2) is 71.7 Å². The normalized spacial score (nSPS) is 11.2. The minimum atomic E-state index is -2.83. The number of benzene rings is 1. The number of para-hydroxylation sites is 1. The number of thiophene rings is 2. The molecular formula is C29H23F2N3O4S2. The van der Waals surface area contributed by atoms with Crippen LogP contribution < -0.4 is 15.8 Å². The van der Waals surface area contributed by atoms with Crippen molar-refractivity contribution in [1.29, 1.82) is 0 Å². The largest absolute Gasteiger partial charge is 0.485 e. The van der Waals surface area contributed by atoms with E-state index in [1.807, 2.05) is 37.3 Å². The molecule has 2 amide bonds. The van der Waals surface area contributed by atoms with Crippen molar-refractivity contribution >= 4 is 50.4 Å². The van der Waals surface area contributed by atoms with Crippen LogP contribution in [0.25, 0.3) is 20.7 Å². The summed E-state index contributed by atoms with van der Waals surface area (Å²) in [7, 11) is 0. The van der Waals surface area contributed by atoms with Gasteiger partial charge in [0.05, 0.1) is 5.69 Å². The lowest BCUT2D eigenvalue weighted by atomic mass is 10.1.